The first-order chi connectivity index (χ1) is 7.65. The molecule has 1 nitrogen and oxygen atoms in total. The second kappa shape index (κ2) is 4.84. The van der Waals surface area contributed by atoms with Crippen LogP contribution in [0, 0.1) is 11.2 Å². The quantitative estimate of drug-likeness (QED) is 0.866. The average molecular weight is 286 g/mol. The molecule has 1 fully saturated rings. The lowest BCUT2D eigenvalue weighted by Crippen LogP contribution is -2.23. The van der Waals surface area contributed by atoms with Crippen LogP contribution in [0.2, 0.25) is 0 Å². The summed E-state index contributed by atoms with van der Waals surface area (Å²) in [6.07, 6.45) is 3.92. The smallest absolute Gasteiger partial charge is 0.137 e. The van der Waals surface area contributed by atoms with Crippen molar-refractivity contribution in [2.75, 3.05) is 6.54 Å². The maximum absolute atomic E-state index is 13.2. The van der Waals surface area contributed by atoms with Gasteiger partial charge in [-0.05, 0) is 58.3 Å². The average Bonchev–Trinajstić information content (AvgIpc) is 3.04. The SMILES string of the molecule is CCC1(CNCc2ccc(Br)c(F)c2)CC1. The van der Waals surface area contributed by atoms with E-state index in [0.717, 1.165) is 18.7 Å². The molecular weight excluding hydrogens is 269 g/mol. The zero-order chi connectivity index (χ0) is 11.6. The van der Waals surface area contributed by atoms with Crippen LogP contribution in [0.5, 0.6) is 0 Å². The number of nitrogens with one attached hydrogen (secondary N) is 1. The molecule has 3 heteroatoms. The van der Waals surface area contributed by atoms with E-state index in [0.29, 0.717) is 9.89 Å². The van der Waals surface area contributed by atoms with Gasteiger partial charge in [-0.2, -0.15) is 0 Å². The van der Waals surface area contributed by atoms with Gasteiger partial charge in [0.05, 0.1) is 4.47 Å². The number of benzene rings is 1. The van der Waals surface area contributed by atoms with Crippen LogP contribution in [0.3, 0.4) is 0 Å². The van der Waals surface area contributed by atoms with Crippen molar-refractivity contribution in [3.05, 3.63) is 34.1 Å². The molecule has 0 amide bonds. The summed E-state index contributed by atoms with van der Waals surface area (Å²) in [6, 6.07) is 5.30. The molecule has 0 aromatic heterocycles. The maximum Gasteiger partial charge on any atom is 0.137 e. The van der Waals surface area contributed by atoms with E-state index in [-0.39, 0.29) is 5.82 Å². The van der Waals surface area contributed by atoms with Crippen LogP contribution in [0.1, 0.15) is 31.7 Å². The Morgan fingerprint density at radius 1 is 1.44 bits per heavy atom. The molecule has 2 rings (SSSR count). The highest BCUT2D eigenvalue weighted by molar-refractivity contribution is 9.10. The van der Waals surface area contributed by atoms with Crippen LogP contribution in [0.15, 0.2) is 22.7 Å². The van der Waals surface area contributed by atoms with E-state index in [1.807, 2.05) is 6.07 Å². The lowest BCUT2D eigenvalue weighted by Gasteiger charge is -2.13. The molecule has 16 heavy (non-hydrogen) atoms. The largest absolute Gasteiger partial charge is 0.312 e. The lowest BCUT2D eigenvalue weighted by molar-refractivity contribution is 0.443. The van der Waals surface area contributed by atoms with Crippen molar-refractivity contribution in [2.45, 2.75) is 32.7 Å². The summed E-state index contributed by atoms with van der Waals surface area (Å²) < 4.78 is 13.8. The van der Waals surface area contributed by atoms with Gasteiger partial charge in [0.25, 0.3) is 0 Å². The fraction of sp³-hybridized carbons (Fsp3) is 0.538. The summed E-state index contributed by atoms with van der Waals surface area (Å²) in [5, 5.41) is 3.42. The van der Waals surface area contributed by atoms with Crippen molar-refractivity contribution in [3.8, 4) is 0 Å². The van der Waals surface area contributed by atoms with Crippen molar-refractivity contribution >= 4 is 15.9 Å². The van der Waals surface area contributed by atoms with Crippen LogP contribution in [0.25, 0.3) is 0 Å². The third-order valence-corrected chi connectivity index (χ3v) is 4.16. The highest BCUT2D eigenvalue weighted by Gasteiger charge is 2.39. The molecule has 1 aliphatic carbocycles. The van der Waals surface area contributed by atoms with Gasteiger partial charge in [-0.1, -0.05) is 13.0 Å². The lowest BCUT2D eigenvalue weighted by atomic mass is 10.0. The van der Waals surface area contributed by atoms with Gasteiger partial charge in [0, 0.05) is 13.1 Å². The zero-order valence-electron chi connectivity index (χ0n) is 9.52. The summed E-state index contributed by atoms with van der Waals surface area (Å²) in [4.78, 5) is 0. The number of halogens is 2. The van der Waals surface area contributed by atoms with Crippen molar-refractivity contribution < 1.29 is 4.39 Å². The normalized spacial score (nSPS) is 17.4. The first kappa shape index (κ1) is 12.1. The standard InChI is InChI=1S/C13H17BrFN/c1-2-13(5-6-13)9-16-8-10-3-4-11(14)12(15)7-10/h3-4,7,16H,2,5-6,8-9H2,1H3. The Morgan fingerprint density at radius 3 is 2.75 bits per heavy atom. The Kier molecular flexibility index (Phi) is 3.65. The van der Waals surface area contributed by atoms with Crippen molar-refractivity contribution in [3.63, 3.8) is 0 Å². The molecule has 0 atom stereocenters. The van der Waals surface area contributed by atoms with E-state index < -0.39 is 0 Å². The van der Waals surface area contributed by atoms with E-state index in [9.17, 15) is 4.39 Å². The predicted molar refractivity (Wildman–Crippen MR) is 67.8 cm³/mol. The van der Waals surface area contributed by atoms with Gasteiger partial charge >= 0.3 is 0 Å². The van der Waals surface area contributed by atoms with E-state index in [1.165, 1.54) is 19.3 Å². The summed E-state index contributed by atoms with van der Waals surface area (Å²) >= 11 is 3.16. The molecule has 1 N–H and O–H groups in total. The van der Waals surface area contributed by atoms with Crippen molar-refractivity contribution in [1.82, 2.24) is 5.32 Å². The van der Waals surface area contributed by atoms with E-state index in [1.54, 1.807) is 12.1 Å². The van der Waals surface area contributed by atoms with Crippen LogP contribution in [-0.2, 0) is 6.54 Å². The van der Waals surface area contributed by atoms with Crippen molar-refractivity contribution in [2.24, 2.45) is 5.41 Å². The molecule has 0 radical (unpaired) electrons. The van der Waals surface area contributed by atoms with Crippen molar-refractivity contribution in [1.29, 1.82) is 0 Å². The predicted octanol–water partition coefficient (Wildman–Crippen LogP) is 3.87. The van der Waals surface area contributed by atoms with E-state index >= 15 is 0 Å². The van der Waals surface area contributed by atoms with Crippen LogP contribution < -0.4 is 5.32 Å². The zero-order valence-corrected chi connectivity index (χ0v) is 11.1. The minimum Gasteiger partial charge on any atom is -0.312 e. The molecule has 0 aliphatic heterocycles. The summed E-state index contributed by atoms with van der Waals surface area (Å²) in [5.41, 5.74) is 1.56. The van der Waals surface area contributed by atoms with Gasteiger partial charge in [-0.25, -0.2) is 4.39 Å². The Morgan fingerprint density at radius 2 is 2.19 bits per heavy atom. The minimum atomic E-state index is -0.184. The Balaban J connectivity index is 1.83. The topological polar surface area (TPSA) is 12.0 Å². The van der Waals surface area contributed by atoms with Gasteiger partial charge in [0.15, 0.2) is 0 Å². The molecule has 1 aromatic carbocycles. The number of rotatable bonds is 5. The maximum atomic E-state index is 13.2. The second-order valence-electron chi connectivity index (χ2n) is 4.71. The molecule has 0 unspecified atom stereocenters. The van der Waals surface area contributed by atoms with E-state index in [4.69, 9.17) is 0 Å². The first-order valence-electron chi connectivity index (χ1n) is 5.80. The molecular formula is C13H17BrFN. The van der Waals surface area contributed by atoms with Gasteiger partial charge in [0.2, 0.25) is 0 Å². The van der Waals surface area contributed by atoms with Crippen LogP contribution in [-0.4, -0.2) is 6.54 Å². The Labute approximate surface area is 105 Å². The van der Waals surface area contributed by atoms with Crippen LogP contribution >= 0.6 is 15.9 Å². The van der Waals surface area contributed by atoms with Crippen LogP contribution in [0.4, 0.5) is 4.39 Å². The third kappa shape index (κ3) is 2.83. The molecule has 1 aliphatic rings. The van der Waals surface area contributed by atoms with Gasteiger partial charge in [-0.3, -0.25) is 0 Å². The molecule has 1 aromatic rings. The first-order valence-corrected chi connectivity index (χ1v) is 6.59. The summed E-state index contributed by atoms with van der Waals surface area (Å²) in [7, 11) is 0. The molecule has 0 heterocycles. The fourth-order valence-electron chi connectivity index (χ4n) is 1.95. The Hall–Kier alpha value is -0.410. The Bertz CT molecular complexity index is 374. The fourth-order valence-corrected chi connectivity index (χ4v) is 2.20. The summed E-state index contributed by atoms with van der Waals surface area (Å²) in [6.45, 7) is 4.06. The second-order valence-corrected chi connectivity index (χ2v) is 5.56. The number of hydrogen-bond acceptors (Lipinski definition) is 1. The minimum absolute atomic E-state index is 0.184. The monoisotopic (exact) mass is 285 g/mol. The molecule has 0 bridgehead atoms. The molecule has 88 valence electrons. The highest BCUT2D eigenvalue weighted by atomic mass is 79.9. The number of hydrogen-bond donors (Lipinski definition) is 1. The van der Waals surface area contributed by atoms with Gasteiger partial charge in [-0.15, -0.1) is 0 Å². The summed E-state index contributed by atoms with van der Waals surface area (Å²) in [5.74, 6) is -0.184. The van der Waals surface area contributed by atoms with Gasteiger partial charge in [0.1, 0.15) is 5.82 Å². The molecule has 0 saturated heterocycles. The third-order valence-electron chi connectivity index (χ3n) is 3.52. The highest BCUT2D eigenvalue weighted by Crippen LogP contribution is 2.47. The molecule has 1 saturated carbocycles. The molecule has 0 spiro atoms. The van der Waals surface area contributed by atoms with Gasteiger partial charge < -0.3 is 5.32 Å². The van der Waals surface area contributed by atoms with E-state index in [2.05, 4.69) is 28.2 Å².